The van der Waals surface area contributed by atoms with Gasteiger partial charge < -0.3 is 0 Å². The van der Waals surface area contributed by atoms with Crippen molar-refractivity contribution in [1.82, 2.24) is 0 Å². The minimum atomic E-state index is -1.51. The van der Waals surface area contributed by atoms with Crippen LogP contribution < -0.4 is 0 Å². The molecule has 0 aliphatic heterocycles. The average Bonchev–Trinajstić information content (AvgIpc) is 2.01. The first-order valence-corrected chi connectivity index (χ1v) is 5.79. The summed E-state index contributed by atoms with van der Waals surface area (Å²) in [7, 11) is -1.51. The van der Waals surface area contributed by atoms with Crippen LogP contribution in [0.1, 0.15) is 19.8 Å². The molecular formula is C8H15ClO2P+. The van der Waals surface area contributed by atoms with Gasteiger partial charge in [0.1, 0.15) is 6.61 Å². The minimum Gasteiger partial charge on any atom is -0.145 e. The zero-order valence-electron chi connectivity index (χ0n) is 7.33. The predicted molar refractivity (Wildman–Crippen MR) is 53.2 cm³/mol. The Morgan fingerprint density at radius 3 is 2.92 bits per heavy atom. The van der Waals surface area contributed by atoms with Crippen LogP contribution in [0, 0.1) is 0 Å². The van der Waals surface area contributed by atoms with E-state index in [2.05, 4.69) is 6.58 Å². The molecule has 0 aliphatic carbocycles. The summed E-state index contributed by atoms with van der Waals surface area (Å²) >= 11 is 5.61. The maximum atomic E-state index is 11.1. The van der Waals surface area contributed by atoms with Gasteiger partial charge in [-0.05, 0) is 24.3 Å². The quantitative estimate of drug-likeness (QED) is 0.278. The molecule has 2 nitrogen and oxygen atoms in total. The topological polar surface area (TPSA) is 26.3 Å². The second-order valence-corrected chi connectivity index (χ2v) is 4.68. The fourth-order valence-corrected chi connectivity index (χ4v) is 1.73. The third kappa shape index (κ3) is 8.19. The SMILES string of the molecule is C=CCCC[P+](=O)OCC(C)Cl. The van der Waals surface area contributed by atoms with Crippen LogP contribution in [0.3, 0.4) is 0 Å². The first kappa shape index (κ1) is 12.1. The normalized spacial score (nSPS) is 14.0. The largest absolute Gasteiger partial charge is 0.508 e. The zero-order chi connectivity index (χ0) is 9.40. The molecule has 0 radical (unpaired) electrons. The summed E-state index contributed by atoms with van der Waals surface area (Å²) in [6.45, 7) is 5.75. The van der Waals surface area contributed by atoms with Gasteiger partial charge in [-0.25, -0.2) is 0 Å². The number of unbranched alkanes of at least 4 members (excludes halogenated alkanes) is 1. The highest BCUT2D eigenvalue weighted by molar-refractivity contribution is 7.39. The minimum absolute atomic E-state index is 0.0663. The van der Waals surface area contributed by atoms with Crippen molar-refractivity contribution < 1.29 is 9.09 Å². The molecular weight excluding hydrogens is 195 g/mol. The number of allylic oxidation sites excluding steroid dienone is 1. The summed E-state index contributed by atoms with van der Waals surface area (Å²) in [5.41, 5.74) is 0. The molecule has 0 N–H and O–H groups in total. The van der Waals surface area contributed by atoms with Crippen molar-refractivity contribution in [1.29, 1.82) is 0 Å². The van der Waals surface area contributed by atoms with Crippen LogP contribution in [0.25, 0.3) is 0 Å². The number of hydrogen-bond acceptors (Lipinski definition) is 2. The van der Waals surface area contributed by atoms with E-state index in [1.165, 1.54) is 0 Å². The molecule has 0 aliphatic rings. The third-order valence-corrected chi connectivity index (χ3v) is 2.44. The summed E-state index contributed by atoms with van der Waals surface area (Å²) < 4.78 is 16.0. The fourth-order valence-electron chi connectivity index (χ4n) is 0.615. The Hall–Kier alpha value is 0.0900. The van der Waals surface area contributed by atoms with Gasteiger partial charge in [0, 0.05) is 0 Å². The Balaban J connectivity index is 3.27. The maximum absolute atomic E-state index is 11.1. The van der Waals surface area contributed by atoms with E-state index in [9.17, 15) is 4.57 Å². The number of hydrogen-bond donors (Lipinski definition) is 0. The van der Waals surface area contributed by atoms with E-state index in [-0.39, 0.29) is 5.38 Å². The van der Waals surface area contributed by atoms with Crippen molar-refractivity contribution in [2.24, 2.45) is 0 Å². The Kier molecular flexibility index (Phi) is 7.78. The highest BCUT2D eigenvalue weighted by Crippen LogP contribution is 2.24. The Morgan fingerprint density at radius 2 is 2.42 bits per heavy atom. The smallest absolute Gasteiger partial charge is 0.145 e. The van der Waals surface area contributed by atoms with Crippen molar-refractivity contribution in [2.75, 3.05) is 12.8 Å². The summed E-state index contributed by atoms with van der Waals surface area (Å²) in [6, 6.07) is 0. The highest BCUT2D eigenvalue weighted by atomic mass is 35.5. The second kappa shape index (κ2) is 7.72. The molecule has 2 unspecified atom stereocenters. The lowest BCUT2D eigenvalue weighted by molar-refractivity contribution is 0.331. The summed E-state index contributed by atoms with van der Waals surface area (Å²) in [5, 5.41) is -0.0663. The Bertz CT molecular complexity index is 148. The fraction of sp³-hybridized carbons (Fsp3) is 0.750. The molecule has 0 bridgehead atoms. The standard InChI is InChI=1S/C8H15ClO2P/c1-3-4-5-6-12(10)11-7-8(2)9/h3,8H,1,4-7H2,2H3/q+1. The van der Waals surface area contributed by atoms with Crippen LogP contribution >= 0.6 is 19.6 Å². The van der Waals surface area contributed by atoms with Gasteiger partial charge in [-0.1, -0.05) is 6.08 Å². The van der Waals surface area contributed by atoms with Gasteiger partial charge in [0.2, 0.25) is 0 Å². The van der Waals surface area contributed by atoms with Gasteiger partial charge in [-0.15, -0.1) is 22.7 Å². The first-order chi connectivity index (χ1) is 5.66. The molecule has 2 atom stereocenters. The summed E-state index contributed by atoms with van der Waals surface area (Å²) in [4.78, 5) is 0. The molecule has 0 rings (SSSR count). The van der Waals surface area contributed by atoms with Crippen molar-refractivity contribution in [2.45, 2.75) is 25.1 Å². The van der Waals surface area contributed by atoms with Gasteiger partial charge in [0.25, 0.3) is 0 Å². The molecule has 0 aromatic heterocycles. The lowest BCUT2D eigenvalue weighted by Crippen LogP contribution is -2.00. The molecule has 0 aromatic rings. The van der Waals surface area contributed by atoms with Crippen LogP contribution in [0.15, 0.2) is 12.7 Å². The molecule has 12 heavy (non-hydrogen) atoms. The number of alkyl halides is 1. The van der Waals surface area contributed by atoms with E-state index in [0.717, 1.165) is 12.8 Å². The number of halogens is 1. The highest BCUT2D eigenvalue weighted by Gasteiger charge is 2.16. The van der Waals surface area contributed by atoms with Crippen LogP contribution in [0.4, 0.5) is 0 Å². The monoisotopic (exact) mass is 209 g/mol. The molecule has 0 fully saturated rings. The summed E-state index contributed by atoms with van der Waals surface area (Å²) in [5.74, 6) is 0. The van der Waals surface area contributed by atoms with Crippen LogP contribution in [0.5, 0.6) is 0 Å². The lowest BCUT2D eigenvalue weighted by atomic mass is 10.3. The maximum Gasteiger partial charge on any atom is 0.508 e. The lowest BCUT2D eigenvalue weighted by Gasteiger charge is -1.93. The average molecular weight is 210 g/mol. The molecule has 0 amide bonds. The number of rotatable bonds is 7. The van der Waals surface area contributed by atoms with Crippen molar-refractivity contribution >= 4 is 19.6 Å². The van der Waals surface area contributed by atoms with E-state index in [4.69, 9.17) is 16.1 Å². The third-order valence-electron chi connectivity index (χ3n) is 1.20. The summed E-state index contributed by atoms with van der Waals surface area (Å²) in [6.07, 6.45) is 4.18. The molecule has 70 valence electrons. The van der Waals surface area contributed by atoms with Crippen molar-refractivity contribution in [3.63, 3.8) is 0 Å². The zero-order valence-corrected chi connectivity index (χ0v) is 8.98. The van der Waals surface area contributed by atoms with E-state index >= 15 is 0 Å². The van der Waals surface area contributed by atoms with Crippen LogP contribution in [0.2, 0.25) is 0 Å². The van der Waals surface area contributed by atoms with Gasteiger partial charge in [0.15, 0.2) is 6.16 Å². The van der Waals surface area contributed by atoms with Gasteiger partial charge >= 0.3 is 8.03 Å². The van der Waals surface area contributed by atoms with Crippen LogP contribution in [-0.2, 0) is 9.09 Å². The second-order valence-electron chi connectivity index (χ2n) is 2.56. The van der Waals surface area contributed by atoms with Gasteiger partial charge in [-0.2, -0.15) is 0 Å². The first-order valence-electron chi connectivity index (χ1n) is 3.99. The van der Waals surface area contributed by atoms with Crippen molar-refractivity contribution in [3.8, 4) is 0 Å². The van der Waals surface area contributed by atoms with Gasteiger partial charge in [0.05, 0.1) is 5.38 Å². The molecule has 0 heterocycles. The van der Waals surface area contributed by atoms with E-state index in [0.29, 0.717) is 12.8 Å². The Morgan fingerprint density at radius 1 is 1.75 bits per heavy atom. The van der Waals surface area contributed by atoms with E-state index in [1.54, 1.807) is 0 Å². The molecule has 4 heteroatoms. The van der Waals surface area contributed by atoms with Crippen LogP contribution in [-0.4, -0.2) is 18.1 Å². The molecule has 0 spiro atoms. The molecule has 0 saturated carbocycles. The van der Waals surface area contributed by atoms with E-state index in [1.807, 2.05) is 13.0 Å². The molecule has 0 saturated heterocycles. The Labute approximate surface area is 79.8 Å². The van der Waals surface area contributed by atoms with Crippen molar-refractivity contribution in [3.05, 3.63) is 12.7 Å². The van der Waals surface area contributed by atoms with E-state index < -0.39 is 8.03 Å². The predicted octanol–water partition coefficient (Wildman–Crippen LogP) is 3.34. The molecule has 0 aromatic carbocycles. The van der Waals surface area contributed by atoms with Gasteiger partial charge in [-0.3, -0.25) is 0 Å².